The van der Waals surface area contributed by atoms with Crippen LogP contribution in [0.5, 0.6) is 0 Å². The number of ketones is 1. The molecule has 2 aromatic rings. The van der Waals surface area contributed by atoms with Gasteiger partial charge in [-0.25, -0.2) is 0 Å². The van der Waals surface area contributed by atoms with Crippen molar-refractivity contribution in [2.75, 3.05) is 0 Å². The van der Waals surface area contributed by atoms with Gasteiger partial charge in [0.05, 0.1) is 22.8 Å². The summed E-state index contributed by atoms with van der Waals surface area (Å²) < 4.78 is 1.72. The number of halogens is 1. The van der Waals surface area contributed by atoms with Crippen LogP contribution in [0.25, 0.3) is 0 Å². The molecule has 1 heterocycles. The van der Waals surface area contributed by atoms with Crippen LogP contribution in [0.1, 0.15) is 29.4 Å². The van der Waals surface area contributed by atoms with E-state index in [1.165, 1.54) is 5.56 Å². The molecule has 0 aliphatic carbocycles. The molecule has 0 fully saturated rings. The fraction of sp³-hybridized carbons (Fsp3) is 0.375. The summed E-state index contributed by atoms with van der Waals surface area (Å²) in [4.78, 5) is 12.2. The summed E-state index contributed by atoms with van der Waals surface area (Å²) in [5, 5.41) is 4.97. The monoisotopic (exact) mass is 290 g/mol. The highest BCUT2D eigenvalue weighted by Crippen LogP contribution is 2.21. The molecular weight excluding hydrogens is 272 g/mol. The second kappa shape index (κ2) is 6.23. The molecule has 0 saturated carbocycles. The molecule has 4 heteroatoms. The average Bonchev–Trinajstić information content (AvgIpc) is 2.66. The van der Waals surface area contributed by atoms with Crippen LogP contribution in [-0.2, 0) is 31.1 Å². The lowest BCUT2D eigenvalue weighted by atomic mass is 10.0. The van der Waals surface area contributed by atoms with Crippen LogP contribution in [-0.4, -0.2) is 15.6 Å². The van der Waals surface area contributed by atoms with Gasteiger partial charge in [0.15, 0.2) is 0 Å². The number of rotatable bonds is 5. The van der Waals surface area contributed by atoms with Crippen molar-refractivity contribution in [1.82, 2.24) is 9.78 Å². The van der Waals surface area contributed by atoms with Crippen molar-refractivity contribution in [3.63, 3.8) is 0 Å². The van der Waals surface area contributed by atoms with Gasteiger partial charge < -0.3 is 0 Å². The van der Waals surface area contributed by atoms with E-state index < -0.39 is 0 Å². The molecule has 0 spiro atoms. The summed E-state index contributed by atoms with van der Waals surface area (Å²) in [6.45, 7) is 4.03. The standard InChI is InChI=1S/C16H19ClN2O/c1-4-14-16(17)15(19(3)18-14)10-13(20)9-12-7-5-6-11(2)8-12/h5-8H,4,9-10H2,1-3H3. The zero-order chi connectivity index (χ0) is 14.7. The molecule has 20 heavy (non-hydrogen) atoms. The molecule has 2 rings (SSSR count). The van der Waals surface area contributed by atoms with E-state index in [4.69, 9.17) is 11.6 Å². The first-order valence-corrected chi connectivity index (χ1v) is 7.16. The summed E-state index contributed by atoms with van der Waals surface area (Å²) in [7, 11) is 1.83. The third-order valence-corrected chi connectivity index (χ3v) is 3.79. The van der Waals surface area contributed by atoms with Gasteiger partial charge in [-0.15, -0.1) is 0 Å². The number of carbonyl (C=O) groups excluding carboxylic acids is 1. The Balaban J connectivity index is 2.10. The zero-order valence-electron chi connectivity index (χ0n) is 12.1. The Bertz CT molecular complexity index is 631. The first kappa shape index (κ1) is 14.8. The molecule has 0 radical (unpaired) electrons. The van der Waals surface area contributed by atoms with Crippen molar-refractivity contribution in [3.05, 3.63) is 51.8 Å². The van der Waals surface area contributed by atoms with Crippen LogP contribution >= 0.6 is 11.6 Å². The lowest BCUT2D eigenvalue weighted by Crippen LogP contribution is -2.10. The molecule has 3 nitrogen and oxygen atoms in total. The van der Waals surface area contributed by atoms with Crippen LogP contribution < -0.4 is 0 Å². The van der Waals surface area contributed by atoms with E-state index in [2.05, 4.69) is 5.10 Å². The summed E-state index contributed by atoms with van der Waals surface area (Å²) in [6, 6.07) is 8.02. The maximum atomic E-state index is 12.2. The van der Waals surface area contributed by atoms with Crippen molar-refractivity contribution in [2.24, 2.45) is 7.05 Å². The lowest BCUT2D eigenvalue weighted by Gasteiger charge is -2.04. The molecule has 0 aliphatic heterocycles. The molecule has 1 aromatic carbocycles. The number of hydrogen-bond donors (Lipinski definition) is 0. The largest absolute Gasteiger partial charge is 0.299 e. The van der Waals surface area contributed by atoms with Crippen LogP contribution in [0.3, 0.4) is 0 Å². The molecule has 0 atom stereocenters. The summed E-state index contributed by atoms with van der Waals surface area (Å²) in [5.74, 6) is 0.156. The van der Waals surface area contributed by atoms with Gasteiger partial charge in [0.2, 0.25) is 0 Å². The maximum Gasteiger partial charge on any atom is 0.143 e. The van der Waals surface area contributed by atoms with E-state index in [0.29, 0.717) is 17.9 Å². The Labute approximate surface area is 124 Å². The van der Waals surface area contributed by atoms with Gasteiger partial charge in [-0.05, 0) is 18.9 Å². The Morgan fingerprint density at radius 2 is 2.10 bits per heavy atom. The first-order valence-electron chi connectivity index (χ1n) is 6.78. The highest BCUT2D eigenvalue weighted by molar-refractivity contribution is 6.32. The van der Waals surface area contributed by atoms with Crippen LogP contribution in [0.2, 0.25) is 5.02 Å². The highest BCUT2D eigenvalue weighted by atomic mass is 35.5. The normalized spacial score (nSPS) is 10.8. The zero-order valence-corrected chi connectivity index (χ0v) is 12.9. The van der Waals surface area contributed by atoms with E-state index in [0.717, 1.165) is 23.4 Å². The number of aryl methyl sites for hydroxylation is 3. The van der Waals surface area contributed by atoms with E-state index in [-0.39, 0.29) is 5.78 Å². The molecule has 0 unspecified atom stereocenters. The molecule has 0 amide bonds. The fourth-order valence-corrected chi connectivity index (χ4v) is 2.67. The Kier molecular flexibility index (Phi) is 4.61. The molecule has 0 aliphatic rings. The number of benzene rings is 1. The van der Waals surface area contributed by atoms with E-state index in [1.54, 1.807) is 4.68 Å². The summed E-state index contributed by atoms with van der Waals surface area (Å²) in [5.41, 5.74) is 3.87. The summed E-state index contributed by atoms with van der Waals surface area (Å²) >= 11 is 6.27. The van der Waals surface area contributed by atoms with Crippen LogP contribution in [0.4, 0.5) is 0 Å². The predicted molar refractivity (Wildman–Crippen MR) is 81.2 cm³/mol. The van der Waals surface area contributed by atoms with Crippen LogP contribution in [0, 0.1) is 6.92 Å². The average molecular weight is 291 g/mol. The predicted octanol–water partition coefficient (Wildman–Crippen LogP) is 3.30. The molecule has 1 aromatic heterocycles. The van der Waals surface area contributed by atoms with E-state index in [1.807, 2.05) is 45.2 Å². The SMILES string of the molecule is CCc1nn(C)c(CC(=O)Cc2cccc(C)c2)c1Cl. The minimum Gasteiger partial charge on any atom is -0.299 e. The molecule has 106 valence electrons. The molecule has 0 N–H and O–H groups in total. The third kappa shape index (κ3) is 3.28. The Morgan fingerprint density at radius 3 is 2.70 bits per heavy atom. The number of carbonyl (C=O) groups is 1. The van der Waals surface area contributed by atoms with Gasteiger partial charge in [-0.2, -0.15) is 5.10 Å². The number of aromatic nitrogens is 2. The summed E-state index contributed by atoms with van der Waals surface area (Å²) in [6.07, 6.45) is 1.54. The fourth-order valence-electron chi connectivity index (χ4n) is 2.31. The lowest BCUT2D eigenvalue weighted by molar-refractivity contribution is -0.117. The van der Waals surface area contributed by atoms with E-state index in [9.17, 15) is 4.79 Å². The third-order valence-electron chi connectivity index (χ3n) is 3.35. The van der Waals surface area contributed by atoms with Gasteiger partial charge in [0.1, 0.15) is 5.78 Å². The number of nitrogens with zero attached hydrogens (tertiary/aromatic N) is 2. The minimum atomic E-state index is 0.156. The second-order valence-electron chi connectivity index (χ2n) is 5.07. The van der Waals surface area contributed by atoms with Crippen molar-refractivity contribution in [1.29, 1.82) is 0 Å². The Morgan fingerprint density at radius 1 is 1.35 bits per heavy atom. The molecule has 0 saturated heterocycles. The topological polar surface area (TPSA) is 34.9 Å². The van der Waals surface area contributed by atoms with Gasteiger partial charge in [0, 0.05) is 13.5 Å². The smallest absolute Gasteiger partial charge is 0.143 e. The molecule has 0 bridgehead atoms. The maximum absolute atomic E-state index is 12.2. The Hall–Kier alpha value is -1.61. The van der Waals surface area contributed by atoms with Gasteiger partial charge in [-0.1, -0.05) is 48.4 Å². The minimum absolute atomic E-state index is 0.156. The number of hydrogen-bond acceptors (Lipinski definition) is 2. The molecular formula is C16H19ClN2O. The second-order valence-corrected chi connectivity index (χ2v) is 5.44. The van der Waals surface area contributed by atoms with Crippen molar-refractivity contribution in [3.8, 4) is 0 Å². The van der Waals surface area contributed by atoms with Gasteiger partial charge >= 0.3 is 0 Å². The van der Waals surface area contributed by atoms with Crippen molar-refractivity contribution < 1.29 is 4.79 Å². The first-order chi connectivity index (χ1) is 9.51. The number of Topliss-reactive ketones (excluding diaryl/α,β-unsaturated/α-hetero) is 1. The van der Waals surface area contributed by atoms with Crippen molar-refractivity contribution in [2.45, 2.75) is 33.1 Å². The van der Waals surface area contributed by atoms with Gasteiger partial charge in [0.25, 0.3) is 0 Å². The van der Waals surface area contributed by atoms with Crippen LogP contribution in [0.15, 0.2) is 24.3 Å². The quantitative estimate of drug-likeness (QED) is 0.847. The van der Waals surface area contributed by atoms with Gasteiger partial charge in [-0.3, -0.25) is 9.48 Å². The van der Waals surface area contributed by atoms with Crippen molar-refractivity contribution >= 4 is 17.4 Å². The highest BCUT2D eigenvalue weighted by Gasteiger charge is 2.16. The van der Waals surface area contributed by atoms with E-state index >= 15 is 0 Å².